The van der Waals surface area contributed by atoms with E-state index in [0.29, 0.717) is 43.1 Å². The number of unbranched alkanes of at least 4 members (excludes halogenated alkanes) is 11. The second-order valence-electron chi connectivity index (χ2n) is 16.4. The highest BCUT2D eigenvalue weighted by Crippen LogP contribution is 2.43. The molecule has 0 fully saturated rings. The van der Waals surface area contributed by atoms with E-state index in [2.05, 4.69) is 38.2 Å². The molecule has 332 valence electrons. The summed E-state index contributed by atoms with van der Waals surface area (Å²) < 4.78 is 34.2. The van der Waals surface area contributed by atoms with Crippen molar-refractivity contribution < 1.29 is 52.0 Å². The zero-order valence-corrected chi connectivity index (χ0v) is 37.5. The highest BCUT2D eigenvalue weighted by atomic mass is 31.2. The van der Waals surface area contributed by atoms with Gasteiger partial charge in [0.05, 0.1) is 33.9 Å². The summed E-state index contributed by atoms with van der Waals surface area (Å²) in [6.07, 6.45) is 36.1. The van der Waals surface area contributed by atoms with E-state index in [1.165, 1.54) is 19.3 Å². The molecule has 1 rings (SSSR count). The van der Waals surface area contributed by atoms with Crippen LogP contribution >= 0.6 is 7.82 Å². The fourth-order valence-corrected chi connectivity index (χ4v) is 6.89. The molecule has 0 aromatic rings. The number of likely N-dealkylation sites (N-methyl/N-ethyl adjacent to an activating group) is 1. The van der Waals surface area contributed by atoms with Crippen LogP contribution in [0.1, 0.15) is 142 Å². The highest BCUT2D eigenvalue weighted by Gasteiger charge is 2.28. The van der Waals surface area contributed by atoms with Crippen LogP contribution in [0, 0.1) is 11.8 Å². The molecular weight excluding hydrogens is 757 g/mol. The lowest BCUT2D eigenvalue weighted by Gasteiger charge is -2.24. The summed E-state index contributed by atoms with van der Waals surface area (Å²) in [5, 5.41) is 10.2. The van der Waals surface area contributed by atoms with Crippen molar-refractivity contribution in [2.45, 2.75) is 154 Å². The minimum Gasteiger partial charge on any atom is -0.462 e. The van der Waals surface area contributed by atoms with Gasteiger partial charge in [0.1, 0.15) is 19.8 Å². The Bertz CT molecular complexity index is 1320. The number of rotatable bonds is 36. The minimum absolute atomic E-state index is 0.00919. The molecule has 0 aromatic heterocycles. The molecule has 0 aliphatic heterocycles. The van der Waals surface area contributed by atoms with E-state index < -0.39 is 38.6 Å². The van der Waals surface area contributed by atoms with Crippen molar-refractivity contribution in [3.8, 4) is 0 Å². The van der Waals surface area contributed by atoms with Gasteiger partial charge in [-0.05, 0) is 76.2 Å². The number of phosphoric acid groups is 1. The van der Waals surface area contributed by atoms with Crippen molar-refractivity contribution in [1.82, 2.24) is 0 Å². The van der Waals surface area contributed by atoms with Gasteiger partial charge in [-0.1, -0.05) is 120 Å². The van der Waals surface area contributed by atoms with Crippen molar-refractivity contribution in [3.05, 3.63) is 60.8 Å². The van der Waals surface area contributed by atoms with E-state index in [-0.39, 0.29) is 43.7 Å². The van der Waals surface area contributed by atoms with Crippen molar-refractivity contribution in [2.24, 2.45) is 11.8 Å². The molecule has 0 saturated carbocycles. The highest BCUT2D eigenvalue weighted by molar-refractivity contribution is 7.47. The van der Waals surface area contributed by atoms with E-state index in [1.54, 1.807) is 12.2 Å². The molecule has 0 bridgehead atoms. The Hall–Kier alpha value is -2.66. The molecule has 0 saturated heterocycles. The fraction of sp³-hybridized carbons (Fsp3) is 0.717. The molecule has 0 spiro atoms. The molecule has 2 N–H and O–H groups in total. The predicted octanol–water partition coefficient (Wildman–Crippen LogP) is 10.1. The third-order valence-corrected chi connectivity index (χ3v) is 10.8. The normalized spacial score (nSPS) is 18.2. The van der Waals surface area contributed by atoms with Crippen LogP contribution in [0.3, 0.4) is 0 Å². The quantitative estimate of drug-likeness (QED) is 0.0206. The summed E-state index contributed by atoms with van der Waals surface area (Å²) in [6, 6.07) is 0. The van der Waals surface area contributed by atoms with Gasteiger partial charge in [0.2, 0.25) is 0 Å². The maximum absolute atomic E-state index is 12.8. The van der Waals surface area contributed by atoms with Gasteiger partial charge in [-0.15, -0.1) is 0 Å². The number of carbonyl (C=O) groups is 3. The SMILES string of the molecule is CCCCC/C=C\C/C=C\CCCCCCCC(=O)OC[C@H](COP(=O)(O)OCC[N+](C)(C)C)OC(=O)CCC/C=C\C[C@H]1C=CC(=O)[C@@H]1/C=C/[C@@H](O)CCCCC. The monoisotopic (exact) mass is 837 g/mol. The minimum atomic E-state index is -4.44. The first-order chi connectivity index (χ1) is 27.8. The molecule has 12 heteroatoms. The summed E-state index contributed by atoms with van der Waals surface area (Å²) in [5.74, 6) is -1.20. The second-order valence-corrected chi connectivity index (χ2v) is 17.8. The van der Waals surface area contributed by atoms with Crippen LogP contribution in [0.5, 0.6) is 0 Å². The number of quaternary nitrogens is 1. The van der Waals surface area contributed by atoms with Crippen LogP contribution in [0.25, 0.3) is 0 Å². The molecule has 1 aliphatic carbocycles. The Morgan fingerprint density at radius 3 is 2.12 bits per heavy atom. The van der Waals surface area contributed by atoms with Crippen LogP contribution in [-0.4, -0.2) is 91.9 Å². The van der Waals surface area contributed by atoms with Crippen LogP contribution < -0.4 is 0 Å². The maximum Gasteiger partial charge on any atom is 0.472 e. The number of ketones is 1. The van der Waals surface area contributed by atoms with Crippen LogP contribution in [0.15, 0.2) is 60.8 Å². The zero-order valence-electron chi connectivity index (χ0n) is 36.6. The summed E-state index contributed by atoms with van der Waals surface area (Å²) in [5.41, 5.74) is 0. The fourth-order valence-electron chi connectivity index (χ4n) is 6.15. The summed E-state index contributed by atoms with van der Waals surface area (Å²) in [7, 11) is 1.34. The van der Waals surface area contributed by atoms with Gasteiger partial charge in [-0.2, -0.15) is 0 Å². The molecule has 1 unspecified atom stereocenters. The van der Waals surface area contributed by atoms with Gasteiger partial charge < -0.3 is 24.0 Å². The van der Waals surface area contributed by atoms with Gasteiger partial charge in [0.15, 0.2) is 11.9 Å². The topological polar surface area (TPSA) is 146 Å². The average molecular weight is 837 g/mol. The van der Waals surface area contributed by atoms with Gasteiger partial charge >= 0.3 is 19.8 Å². The van der Waals surface area contributed by atoms with Crippen molar-refractivity contribution in [1.29, 1.82) is 0 Å². The van der Waals surface area contributed by atoms with E-state index >= 15 is 0 Å². The van der Waals surface area contributed by atoms with E-state index in [0.717, 1.165) is 64.2 Å². The average Bonchev–Trinajstić information content (AvgIpc) is 3.52. The molecule has 0 amide bonds. The third-order valence-electron chi connectivity index (χ3n) is 9.77. The van der Waals surface area contributed by atoms with E-state index in [4.69, 9.17) is 18.5 Å². The summed E-state index contributed by atoms with van der Waals surface area (Å²) >= 11 is 0. The second kappa shape index (κ2) is 33.1. The Morgan fingerprint density at radius 2 is 1.41 bits per heavy atom. The Morgan fingerprint density at radius 1 is 0.793 bits per heavy atom. The number of aliphatic hydroxyl groups excluding tert-OH is 1. The summed E-state index contributed by atoms with van der Waals surface area (Å²) in [6.45, 7) is 4.03. The molecule has 0 heterocycles. The van der Waals surface area contributed by atoms with Crippen LogP contribution in [-0.2, 0) is 37.5 Å². The number of carbonyl (C=O) groups excluding carboxylic acids is 3. The number of ether oxygens (including phenoxy) is 2. The first kappa shape index (κ1) is 53.4. The van der Waals surface area contributed by atoms with Crippen LogP contribution in [0.4, 0.5) is 0 Å². The van der Waals surface area contributed by atoms with Crippen molar-refractivity contribution in [3.63, 3.8) is 0 Å². The summed E-state index contributed by atoms with van der Waals surface area (Å²) in [4.78, 5) is 47.9. The number of allylic oxidation sites excluding steroid dienone is 9. The number of hydrogen-bond donors (Lipinski definition) is 2. The zero-order chi connectivity index (χ0) is 42.9. The lowest BCUT2D eigenvalue weighted by Crippen LogP contribution is -2.37. The number of phosphoric ester groups is 1. The molecule has 58 heavy (non-hydrogen) atoms. The standard InChI is InChI=1S/C46H78NO10P/c1-6-8-10-11-12-13-14-15-16-17-18-19-20-21-26-30-45(50)54-38-42(39-56-58(52,53)55-37-36-47(3,4)5)57-46(51)31-27-23-22-25-28-40-32-35-44(49)43(40)34-33-41(48)29-24-9-7-2/h12-13,15-16,22,25,32-35,40-43,48H,6-11,14,17-21,23-24,26-31,36-39H2,1-5H3/p+1/b13-12-,16-15-,25-22-,34-33+/t40-,41-,42+,43+/m0/s1. The van der Waals surface area contributed by atoms with E-state index in [1.807, 2.05) is 45.4 Å². The predicted molar refractivity (Wildman–Crippen MR) is 233 cm³/mol. The molecular formula is C46H79NO10P+. The van der Waals surface area contributed by atoms with Gasteiger partial charge in [-0.3, -0.25) is 23.4 Å². The first-order valence-electron chi connectivity index (χ1n) is 22.1. The van der Waals surface area contributed by atoms with Crippen molar-refractivity contribution >= 4 is 25.5 Å². The van der Waals surface area contributed by atoms with Crippen molar-refractivity contribution in [2.75, 3.05) is 47.5 Å². The molecule has 0 radical (unpaired) electrons. The maximum atomic E-state index is 12.8. The number of aliphatic hydroxyl groups is 1. The lowest BCUT2D eigenvalue weighted by atomic mass is 9.90. The van der Waals surface area contributed by atoms with Gasteiger partial charge in [-0.25, -0.2) is 4.57 Å². The molecule has 0 aromatic carbocycles. The number of nitrogens with zero attached hydrogens (tertiary/aromatic N) is 1. The van der Waals surface area contributed by atoms with Crippen LogP contribution in [0.2, 0.25) is 0 Å². The lowest BCUT2D eigenvalue weighted by molar-refractivity contribution is -0.870. The molecule has 5 atom stereocenters. The Kier molecular flexibility index (Phi) is 30.5. The largest absolute Gasteiger partial charge is 0.472 e. The smallest absolute Gasteiger partial charge is 0.462 e. The van der Waals surface area contributed by atoms with E-state index in [9.17, 15) is 28.9 Å². The first-order valence-corrected chi connectivity index (χ1v) is 23.6. The van der Waals surface area contributed by atoms with Gasteiger partial charge in [0, 0.05) is 18.8 Å². The molecule has 11 nitrogen and oxygen atoms in total. The van der Waals surface area contributed by atoms with Gasteiger partial charge in [0.25, 0.3) is 0 Å². The Balaban J connectivity index is 2.49. The number of hydrogen-bond acceptors (Lipinski definition) is 9. The third kappa shape index (κ3) is 30.4. The Labute approximate surface area is 351 Å². The molecule has 1 aliphatic rings. The number of esters is 2.